The summed E-state index contributed by atoms with van der Waals surface area (Å²) in [7, 11) is 0. The van der Waals surface area contributed by atoms with E-state index in [1.165, 1.54) is 12.1 Å². The fraction of sp³-hybridized carbons (Fsp3) is 0.417. The third-order valence-electron chi connectivity index (χ3n) is 5.76. The standard InChI is InChI=1S/C24H24F6O2/c1-2-3-4-15-5-7-16(8-6-15)17-9-11-19(12-10-17)32-24(29,30)18-13-20(25)22(21(26)14-18)31-23(27)28/h2,9-16,23H,1,3-8H2. The number of allylic oxidation sites excluding steroid dienone is 1. The van der Waals surface area contributed by atoms with Crippen LogP contribution in [0.1, 0.15) is 55.6 Å². The van der Waals surface area contributed by atoms with Gasteiger partial charge in [-0.1, -0.05) is 18.2 Å². The zero-order chi connectivity index (χ0) is 23.3. The molecule has 0 spiro atoms. The Labute approximate surface area is 182 Å². The van der Waals surface area contributed by atoms with E-state index in [1.54, 1.807) is 12.1 Å². The summed E-state index contributed by atoms with van der Waals surface area (Å²) in [6.07, 6.45) is 4.23. The fourth-order valence-corrected chi connectivity index (χ4v) is 4.08. The highest BCUT2D eigenvalue weighted by Gasteiger charge is 2.37. The lowest BCUT2D eigenvalue weighted by molar-refractivity contribution is -0.185. The Morgan fingerprint density at radius 1 is 1.00 bits per heavy atom. The normalized spacial score (nSPS) is 19.1. The highest BCUT2D eigenvalue weighted by molar-refractivity contribution is 5.35. The third kappa shape index (κ3) is 5.99. The molecular weight excluding hydrogens is 434 g/mol. The largest absolute Gasteiger partial charge is 0.429 e. The summed E-state index contributed by atoms with van der Waals surface area (Å²) in [4.78, 5) is 0. The first-order chi connectivity index (χ1) is 15.2. The van der Waals surface area contributed by atoms with Crippen LogP contribution in [-0.2, 0) is 6.11 Å². The summed E-state index contributed by atoms with van der Waals surface area (Å²) in [5.41, 5.74) is -0.135. The topological polar surface area (TPSA) is 18.5 Å². The van der Waals surface area contributed by atoms with Gasteiger partial charge in [0.25, 0.3) is 0 Å². The van der Waals surface area contributed by atoms with Crippen molar-refractivity contribution in [2.45, 2.75) is 57.2 Å². The second-order valence-corrected chi connectivity index (χ2v) is 7.92. The zero-order valence-corrected chi connectivity index (χ0v) is 17.3. The molecule has 1 saturated carbocycles. The lowest BCUT2D eigenvalue weighted by Gasteiger charge is -2.28. The van der Waals surface area contributed by atoms with Gasteiger partial charge >= 0.3 is 12.7 Å². The molecule has 2 aromatic rings. The summed E-state index contributed by atoms with van der Waals surface area (Å²) in [5, 5.41) is 0. The molecule has 1 fully saturated rings. The summed E-state index contributed by atoms with van der Waals surface area (Å²) in [6, 6.07) is 6.60. The monoisotopic (exact) mass is 458 g/mol. The van der Waals surface area contributed by atoms with Crippen LogP contribution in [0.3, 0.4) is 0 Å². The van der Waals surface area contributed by atoms with Crippen molar-refractivity contribution in [3.05, 3.63) is 71.8 Å². The van der Waals surface area contributed by atoms with Crippen LogP contribution in [-0.4, -0.2) is 6.61 Å². The molecule has 174 valence electrons. The first-order valence-electron chi connectivity index (χ1n) is 10.4. The van der Waals surface area contributed by atoms with Gasteiger partial charge in [-0.25, -0.2) is 8.78 Å². The van der Waals surface area contributed by atoms with Gasteiger partial charge < -0.3 is 9.47 Å². The van der Waals surface area contributed by atoms with Gasteiger partial charge in [-0.05, 0) is 80.2 Å². The minimum absolute atomic E-state index is 0.188. The molecule has 0 saturated heterocycles. The Kier molecular flexibility index (Phi) is 7.74. The van der Waals surface area contributed by atoms with E-state index in [9.17, 15) is 26.3 Å². The first-order valence-corrected chi connectivity index (χ1v) is 10.4. The molecule has 1 aliphatic rings. The Balaban J connectivity index is 1.65. The maximum absolute atomic E-state index is 14.4. The van der Waals surface area contributed by atoms with Crippen molar-refractivity contribution in [1.82, 2.24) is 0 Å². The fourth-order valence-electron chi connectivity index (χ4n) is 4.08. The van der Waals surface area contributed by atoms with Gasteiger partial charge in [-0.2, -0.15) is 17.6 Å². The van der Waals surface area contributed by atoms with E-state index >= 15 is 0 Å². The van der Waals surface area contributed by atoms with Crippen LogP contribution < -0.4 is 9.47 Å². The van der Waals surface area contributed by atoms with Crippen LogP contribution in [0.5, 0.6) is 11.5 Å². The van der Waals surface area contributed by atoms with Crippen LogP contribution in [0.25, 0.3) is 0 Å². The van der Waals surface area contributed by atoms with Crippen molar-refractivity contribution in [2.75, 3.05) is 0 Å². The predicted molar refractivity (Wildman–Crippen MR) is 108 cm³/mol. The number of ether oxygens (including phenoxy) is 2. The molecule has 0 atom stereocenters. The van der Waals surface area contributed by atoms with E-state index in [2.05, 4.69) is 16.1 Å². The SMILES string of the molecule is C=CCCC1CCC(c2ccc(OC(F)(F)c3cc(F)c(OC(F)F)c(F)c3)cc2)CC1. The zero-order valence-electron chi connectivity index (χ0n) is 17.3. The van der Waals surface area contributed by atoms with Crippen LogP contribution in [0.4, 0.5) is 26.3 Å². The Bertz CT molecular complexity index is 882. The average Bonchev–Trinajstić information content (AvgIpc) is 2.75. The molecule has 0 bridgehead atoms. The number of benzene rings is 2. The number of rotatable bonds is 9. The minimum Gasteiger partial charge on any atom is -0.429 e. The van der Waals surface area contributed by atoms with Crippen molar-refractivity contribution >= 4 is 0 Å². The third-order valence-corrected chi connectivity index (χ3v) is 5.76. The smallest absolute Gasteiger partial charge is 0.426 e. The van der Waals surface area contributed by atoms with E-state index in [4.69, 9.17) is 0 Å². The van der Waals surface area contributed by atoms with Gasteiger partial charge in [0.05, 0.1) is 5.56 Å². The van der Waals surface area contributed by atoms with Crippen molar-refractivity contribution in [3.63, 3.8) is 0 Å². The lowest BCUT2D eigenvalue weighted by atomic mass is 9.77. The summed E-state index contributed by atoms with van der Waals surface area (Å²) in [6.45, 7) is 0.250. The lowest BCUT2D eigenvalue weighted by Crippen LogP contribution is -2.23. The average molecular weight is 458 g/mol. The predicted octanol–water partition coefficient (Wildman–Crippen LogP) is 7.93. The van der Waals surface area contributed by atoms with E-state index in [-0.39, 0.29) is 17.9 Å². The van der Waals surface area contributed by atoms with E-state index < -0.39 is 35.7 Å². The summed E-state index contributed by atoms with van der Waals surface area (Å²) < 4.78 is 89.3. The molecule has 32 heavy (non-hydrogen) atoms. The number of alkyl halides is 4. The molecule has 0 amide bonds. The molecule has 0 heterocycles. The molecule has 8 heteroatoms. The maximum Gasteiger partial charge on any atom is 0.426 e. The molecule has 0 aromatic heterocycles. The van der Waals surface area contributed by atoms with Crippen LogP contribution in [0.15, 0.2) is 49.1 Å². The van der Waals surface area contributed by atoms with Crippen LogP contribution in [0, 0.1) is 17.6 Å². The van der Waals surface area contributed by atoms with Crippen molar-refractivity contribution in [3.8, 4) is 11.5 Å². The van der Waals surface area contributed by atoms with Crippen LogP contribution >= 0.6 is 0 Å². The maximum atomic E-state index is 14.4. The van der Waals surface area contributed by atoms with E-state index in [0.717, 1.165) is 44.1 Å². The number of halogens is 6. The van der Waals surface area contributed by atoms with Gasteiger partial charge in [-0.15, -0.1) is 6.58 Å². The quantitative estimate of drug-likeness (QED) is 0.281. The Hall–Kier alpha value is -2.64. The molecular formula is C24H24F6O2. The highest BCUT2D eigenvalue weighted by Crippen LogP contribution is 2.39. The summed E-state index contributed by atoms with van der Waals surface area (Å²) >= 11 is 0. The van der Waals surface area contributed by atoms with E-state index in [0.29, 0.717) is 11.8 Å². The Morgan fingerprint density at radius 2 is 1.59 bits per heavy atom. The molecule has 3 rings (SSSR count). The molecule has 0 aliphatic heterocycles. The highest BCUT2D eigenvalue weighted by atomic mass is 19.3. The van der Waals surface area contributed by atoms with E-state index in [1.807, 2.05) is 6.08 Å². The first kappa shape index (κ1) is 24.0. The minimum atomic E-state index is -4.09. The van der Waals surface area contributed by atoms with Crippen molar-refractivity contribution in [2.24, 2.45) is 5.92 Å². The van der Waals surface area contributed by atoms with Crippen LogP contribution in [0.2, 0.25) is 0 Å². The second-order valence-electron chi connectivity index (χ2n) is 7.92. The molecule has 1 aliphatic carbocycles. The summed E-state index contributed by atoms with van der Waals surface area (Å²) in [5.74, 6) is -3.94. The van der Waals surface area contributed by atoms with Gasteiger partial charge in [0.1, 0.15) is 5.75 Å². The van der Waals surface area contributed by atoms with Gasteiger partial charge in [0.15, 0.2) is 17.4 Å². The molecule has 2 aromatic carbocycles. The number of hydrogen-bond acceptors (Lipinski definition) is 2. The van der Waals surface area contributed by atoms with Gasteiger partial charge in [-0.3, -0.25) is 0 Å². The Morgan fingerprint density at radius 3 is 2.12 bits per heavy atom. The van der Waals surface area contributed by atoms with Gasteiger partial charge in [0.2, 0.25) is 0 Å². The molecule has 2 nitrogen and oxygen atoms in total. The van der Waals surface area contributed by atoms with Crippen molar-refractivity contribution in [1.29, 1.82) is 0 Å². The van der Waals surface area contributed by atoms with Crippen molar-refractivity contribution < 1.29 is 35.8 Å². The molecule has 0 N–H and O–H groups in total. The van der Waals surface area contributed by atoms with Gasteiger partial charge in [0, 0.05) is 0 Å². The number of hydrogen-bond donors (Lipinski definition) is 0. The molecule has 0 unspecified atom stereocenters. The second kappa shape index (κ2) is 10.3. The molecule has 0 radical (unpaired) electrons.